The number of aromatic carboxylic acids is 1. The molecule has 5 atom stereocenters. The molecule has 6 heteroatoms. The van der Waals surface area contributed by atoms with E-state index in [1.54, 1.807) is 5.38 Å². The number of carbonyl (C=O) groups is 1. The quantitative estimate of drug-likeness (QED) is 0.462. The molecule has 0 bridgehead atoms. The highest BCUT2D eigenvalue weighted by molar-refractivity contribution is 7.12. The Balaban J connectivity index is 1.59. The maximum atomic E-state index is 11.3. The van der Waals surface area contributed by atoms with Crippen LogP contribution >= 0.6 is 11.3 Å². The molecule has 0 spiro atoms. The molecule has 164 valence electrons. The van der Waals surface area contributed by atoms with E-state index >= 15 is 0 Å². The fourth-order valence-corrected chi connectivity index (χ4v) is 6.17. The van der Waals surface area contributed by atoms with Crippen LogP contribution in [0.1, 0.15) is 73.5 Å². The smallest absolute Gasteiger partial charge is 0.346 e. The second kappa shape index (κ2) is 10.1. The van der Waals surface area contributed by atoms with E-state index in [0.717, 1.165) is 37.7 Å². The number of hydrogen-bond acceptors (Lipinski definition) is 5. The first-order valence-electron chi connectivity index (χ1n) is 11.1. The van der Waals surface area contributed by atoms with Crippen LogP contribution in [0.4, 0.5) is 0 Å². The second-order valence-corrected chi connectivity index (χ2v) is 9.92. The summed E-state index contributed by atoms with van der Waals surface area (Å²) >= 11 is 1.24. The molecule has 2 saturated carbocycles. The average molecular weight is 432 g/mol. The highest BCUT2D eigenvalue weighted by Crippen LogP contribution is 2.48. The van der Waals surface area contributed by atoms with E-state index in [2.05, 4.69) is 13.0 Å². The predicted molar refractivity (Wildman–Crippen MR) is 117 cm³/mol. The zero-order valence-electron chi connectivity index (χ0n) is 17.7. The lowest BCUT2D eigenvalue weighted by molar-refractivity contribution is -0.0355. The second-order valence-electron chi connectivity index (χ2n) is 9.00. The summed E-state index contributed by atoms with van der Waals surface area (Å²) < 4.78 is 0. The van der Waals surface area contributed by atoms with Crippen LogP contribution in [0.5, 0.6) is 0 Å². The van der Waals surface area contributed by atoms with Crippen molar-refractivity contribution in [3.63, 3.8) is 0 Å². The third-order valence-electron chi connectivity index (χ3n) is 7.52. The van der Waals surface area contributed by atoms with Gasteiger partial charge in [-0.3, -0.25) is 0 Å². The molecule has 1 aromatic heterocycles. The van der Waals surface area contributed by atoms with Gasteiger partial charge in [0.1, 0.15) is 4.88 Å². The van der Waals surface area contributed by atoms with Crippen molar-refractivity contribution in [3.8, 4) is 6.07 Å². The standard InChI is InChI=1S/C24H33NO4S/c1-2-24(11-5-12-24)21(27)9-4-8-19-18(17(15-25)14-20(19)26)7-3-6-16-10-13-30-22(16)23(28)29/h4,8,10,13,17-21,26-27H,2-3,5-7,9,11-12,14H2,1H3,(H,28,29)/t17-,18-,19+,20+,21?/m0/s1. The topological polar surface area (TPSA) is 102 Å². The van der Waals surface area contributed by atoms with Crippen molar-refractivity contribution < 1.29 is 20.1 Å². The van der Waals surface area contributed by atoms with Crippen molar-refractivity contribution in [1.29, 1.82) is 5.26 Å². The molecule has 3 N–H and O–H groups in total. The summed E-state index contributed by atoms with van der Waals surface area (Å²) in [5, 5.41) is 41.8. The normalized spacial score (nSPS) is 28.9. The molecule has 1 unspecified atom stereocenters. The first kappa shape index (κ1) is 23.0. The first-order chi connectivity index (χ1) is 14.4. The molecule has 30 heavy (non-hydrogen) atoms. The lowest BCUT2D eigenvalue weighted by Gasteiger charge is -2.45. The molecular formula is C24H33NO4S. The molecule has 2 aliphatic carbocycles. The van der Waals surface area contributed by atoms with Gasteiger partial charge in [0.25, 0.3) is 0 Å². The van der Waals surface area contributed by atoms with Crippen LogP contribution in [0.2, 0.25) is 0 Å². The van der Waals surface area contributed by atoms with E-state index in [1.165, 1.54) is 17.8 Å². The number of aliphatic hydroxyl groups excluding tert-OH is 2. The lowest BCUT2D eigenvalue weighted by Crippen LogP contribution is -2.40. The van der Waals surface area contributed by atoms with Crippen LogP contribution in [0.3, 0.4) is 0 Å². The number of nitriles is 1. The van der Waals surface area contributed by atoms with Gasteiger partial charge in [0.15, 0.2) is 0 Å². The van der Waals surface area contributed by atoms with E-state index in [-0.39, 0.29) is 29.3 Å². The molecule has 0 amide bonds. The highest BCUT2D eigenvalue weighted by Gasteiger charge is 2.42. The van der Waals surface area contributed by atoms with Crippen LogP contribution in [0.25, 0.3) is 0 Å². The van der Waals surface area contributed by atoms with Gasteiger partial charge in [0.05, 0.1) is 24.2 Å². The van der Waals surface area contributed by atoms with Crippen LogP contribution in [-0.4, -0.2) is 33.5 Å². The summed E-state index contributed by atoms with van der Waals surface area (Å²) in [5.74, 6) is -1.09. The van der Waals surface area contributed by atoms with Gasteiger partial charge in [0, 0.05) is 5.92 Å². The summed E-state index contributed by atoms with van der Waals surface area (Å²) in [6.45, 7) is 2.14. The Morgan fingerprint density at radius 1 is 1.47 bits per heavy atom. The van der Waals surface area contributed by atoms with Crippen molar-refractivity contribution in [1.82, 2.24) is 0 Å². The number of carboxylic acids is 1. The van der Waals surface area contributed by atoms with Crippen molar-refractivity contribution in [2.75, 3.05) is 0 Å². The van der Waals surface area contributed by atoms with Gasteiger partial charge in [-0.15, -0.1) is 11.3 Å². The number of nitrogens with zero attached hydrogens (tertiary/aromatic N) is 1. The van der Waals surface area contributed by atoms with Gasteiger partial charge in [0.2, 0.25) is 0 Å². The zero-order valence-corrected chi connectivity index (χ0v) is 18.5. The molecule has 0 aromatic carbocycles. The van der Waals surface area contributed by atoms with Gasteiger partial charge in [-0.2, -0.15) is 5.26 Å². The zero-order chi connectivity index (χ0) is 21.7. The van der Waals surface area contributed by atoms with E-state index in [0.29, 0.717) is 24.1 Å². The molecule has 0 saturated heterocycles. The minimum atomic E-state index is -0.887. The van der Waals surface area contributed by atoms with Crippen molar-refractivity contribution >= 4 is 17.3 Å². The largest absolute Gasteiger partial charge is 0.477 e. The van der Waals surface area contributed by atoms with Gasteiger partial charge < -0.3 is 15.3 Å². The first-order valence-corrected chi connectivity index (χ1v) is 12.0. The van der Waals surface area contributed by atoms with Crippen LogP contribution in [0.15, 0.2) is 23.6 Å². The monoisotopic (exact) mass is 431 g/mol. The fraction of sp³-hybridized carbons (Fsp3) is 0.667. The number of hydrogen-bond donors (Lipinski definition) is 3. The molecule has 0 radical (unpaired) electrons. The van der Waals surface area contributed by atoms with E-state index < -0.39 is 12.1 Å². The van der Waals surface area contributed by atoms with Crippen molar-refractivity contribution in [2.45, 2.75) is 76.9 Å². The van der Waals surface area contributed by atoms with Crippen LogP contribution in [0, 0.1) is 34.5 Å². The Morgan fingerprint density at radius 2 is 2.23 bits per heavy atom. The van der Waals surface area contributed by atoms with Gasteiger partial charge >= 0.3 is 5.97 Å². The Hall–Kier alpha value is -1.68. The van der Waals surface area contributed by atoms with Crippen LogP contribution < -0.4 is 0 Å². The Bertz CT molecular complexity index is 786. The minimum Gasteiger partial charge on any atom is -0.477 e. The van der Waals surface area contributed by atoms with Crippen LogP contribution in [-0.2, 0) is 6.42 Å². The SMILES string of the molecule is CCC1(C(O)CC=C[C@@H]2[C@@H](CCCc3ccsc3C(=O)O)[C@H](C#N)C[C@H]2O)CCC1. The van der Waals surface area contributed by atoms with Gasteiger partial charge in [-0.25, -0.2) is 4.79 Å². The third kappa shape index (κ3) is 4.80. The van der Waals surface area contributed by atoms with Gasteiger partial charge in [-0.05, 0) is 79.7 Å². The Kier molecular flexibility index (Phi) is 7.73. The third-order valence-corrected chi connectivity index (χ3v) is 8.46. The summed E-state index contributed by atoms with van der Waals surface area (Å²) in [6, 6.07) is 4.23. The van der Waals surface area contributed by atoms with Crippen molar-refractivity contribution in [3.05, 3.63) is 34.0 Å². The van der Waals surface area contributed by atoms with Crippen molar-refractivity contribution in [2.24, 2.45) is 23.2 Å². The summed E-state index contributed by atoms with van der Waals surface area (Å²) in [4.78, 5) is 11.7. The Morgan fingerprint density at radius 3 is 2.83 bits per heavy atom. The van der Waals surface area contributed by atoms with E-state index in [1.807, 2.05) is 18.2 Å². The number of aliphatic hydroxyl groups is 2. The molecule has 3 rings (SSSR count). The lowest BCUT2D eigenvalue weighted by atomic mass is 9.63. The molecule has 0 aliphatic heterocycles. The van der Waals surface area contributed by atoms with E-state index in [9.17, 15) is 25.4 Å². The van der Waals surface area contributed by atoms with E-state index in [4.69, 9.17) is 0 Å². The Labute approximate surface area is 183 Å². The molecule has 1 aromatic rings. The molecule has 1 heterocycles. The number of carboxylic acid groups (broad SMARTS) is 1. The summed E-state index contributed by atoms with van der Waals surface area (Å²) in [5.41, 5.74) is 0.912. The number of aryl methyl sites for hydroxylation is 1. The molecular weight excluding hydrogens is 398 g/mol. The highest BCUT2D eigenvalue weighted by atomic mass is 32.1. The maximum Gasteiger partial charge on any atom is 0.346 e. The molecule has 2 fully saturated rings. The number of rotatable bonds is 10. The maximum absolute atomic E-state index is 11.3. The minimum absolute atomic E-state index is 0.0640. The molecule has 2 aliphatic rings. The fourth-order valence-electron chi connectivity index (χ4n) is 5.38. The summed E-state index contributed by atoms with van der Waals surface area (Å²) in [6.07, 6.45) is 10.8. The van der Waals surface area contributed by atoms with Gasteiger partial charge in [-0.1, -0.05) is 25.5 Å². The molecule has 5 nitrogen and oxygen atoms in total. The summed E-state index contributed by atoms with van der Waals surface area (Å²) in [7, 11) is 0. The number of thiophene rings is 1. The average Bonchev–Trinajstić information content (AvgIpc) is 3.27. The predicted octanol–water partition coefficient (Wildman–Crippen LogP) is 4.79.